The highest BCUT2D eigenvalue weighted by molar-refractivity contribution is 5.83. The van der Waals surface area contributed by atoms with E-state index in [1.54, 1.807) is 11.9 Å². The molecule has 0 aromatic heterocycles. The Morgan fingerprint density at radius 2 is 2.19 bits per heavy atom. The van der Waals surface area contributed by atoms with Crippen molar-refractivity contribution in [3.8, 4) is 0 Å². The number of benzene rings is 1. The first-order chi connectivity index (χ1) is 7.56. The van der Waals surface area contributed by atoms with Gasteiger partial charge in [0.05, 0.1) is 12.5 Å². The van der Waals surface area contributed by atoms with Crippen LogP contribution in [-0.4, -0.2) is 36.1 Å². The number of aliphatic hydroxyl groups excluding tert-OH is 1. The minimum absolute atomic E-state index is 0.00276. The lowest BCUT2D eigenvalue weighted by atomic mass is 9.98. The number of rotatable bonds is 4. The van der Waals surface area contributed by atoms with Crippen LogP contribution in [0.2, 0.25) is 0 Å². The summed E-state index contributed by atoms with van der Waals surface area (Å²) in [6, 6.07) is 7.95. The van der Waals surface area contributed by atoms with Crippen LogP contribution in [0.25, 0.3) is 0 Å². The van der Waals surface area contributed by atoms with Crippen molar-refractivity contribution in [2.75, 3.05) is 20.2 Å². The van der Waals surface area contributed by atoms with Crippen molar-refractivity contribution in [3.05, 3.63) is 35.4 Å². The van der Waals surface area contributed by atoms with Crippen molar-refractivity contribution in [2.45, 2.75) is 19.8 Å². The first-order valence-corrected chi connectivity index (χ1v) is 5.48. The van der Waals surface area contributed by atoms with Gasteiger partial charge in [-0.3, -0.25) is 4.79 Å². The molecule has 0 spiro atoms. The maximum absolute atomic E-state index is 12.0. The Morgan fingerprint density at radius 1 is 1.50 bits per heavy atom. The monoisotopic (exact) mass is 221 g/mol. The highest BCUT2D eigenvalue weighted by atomic mass is 16.3. The van der Waals surface area contributed by atoms with Crippen LogP contribution in [0.5, 0.6) is 0 Å². The molecule has 16 heavy (non-hydrogen) atoms. The maximum Gasteiger partial charge on any atom is 0.229 e. The van der Waals surface area contributed by atoms with E-state index in [0.29, 0.717) is 6.54 Å². The number of hydrogen-bond donors (Lipinski definition) is 1. The fourth-order valence-electron chi connectivity index (χ4n) is 1.67. The Balaban J connectivity index is 2.77. The Kier molecular flexibility index (Phi) is 4.50. The summed E-state index contributed by atoms with van der Waals surface area (Å²) in [6.45, 7) is 4.29. The van der Waals surface area contributed by atoms with Crippen molar-refractivity contribution in [3.63, 3.8) is 0 Å². The van der Waals surface area contributed by atoms with Crippen LogP contribution in [0.1, 0.15) is 24.0 Å². The molecule has 1 rings (SSSR count). The molecule has 0 saturated heterocycles. The third-order valence-corrected chi connectivity index (χ3v) is 2.72. The molecule has 1 aromatic rings. The van der Waals surface area contributed by atoms with E-state index in [0.717, 1.165) is 11.1 Å². The molecule has 0 aliphatic heterocycles. The summed E-state index contributed by atoms with van der Waals surface area (Å²) >= 11 is 0. The molecule has 1 unspecified atom stereocenters. The van der Waals surface area contributed by atoms with Crippen LogP contribution < -0.4 is 0 Å². The van der Waals surface area contributed by atoms with Gasteiger partial charge in [0.1, 0.15) is 0 Å². The summed E-state index contributed by atoms with van der Waals surface area (Å²) in [7, 11) is 1.71. The fourth-order valence-corrected chi connectivity index (χ4v) is 1.67. The molecule has 0 aliphatic rings. The van der Waals surface area contributed by atoms with Crippen LogP contribution in [0, 0.1) is 6.92 Å². The largest absolute Gasteiger partial charge is 0.395 e. The average molecular weight is 221 g/mol. The van der Waals surface area contributed by atoms with Gasteiger partial charge in [-0.25, -0.2) is 0 Å². The van der Waals surface area contributed by atoms with Crippen LogP contribution >= 0.6 is 0 Å². The predicted molar refractivity (Wildman–Crippen MR) is 64.3 cm³/mol. The van der Waals surface area contributed by atoms with Crippen molar-refractivity contribution in [1.29, 1.82) is 0 Å². The van der Waals surface area contributed by atoms with Crippen molar-refractivity contribution in [1.82, 2.24) is 4.90 Å². The second kappa shape index (κ2) is 5.66. The molecule has 1 atom stereocenters. The van der Waals surface area contributed by atoms with E-state index in [2.05, 4.69) is 0 Å². The minimum atomic E-state index is -0.156. The van der Waals surface area contributed by atoms with Crippen LogP contribution in [0.3, 0.4) is 0 Å². The molecule has 0 radical (unpaired) electrons. The molecule has 1 aromatic carbocycles. The third kappa shape index (κ3) is 3.07. The molecular weight excluding hydrogens is 202 g/mol. The molecule has 0 bridgehead atoms. The zero-order valence-corrected chi connectivity index (χ0v) is 10.1. The summed E-state index contributed by atoms with van der Waals surface area (Å²) in [6.07, 6.45) is 0. The van der Waals surface area contributed by atoms with Gasteiger partial charge in [-0.05, 0) is 19.4 Å². The number of carbonyl (C=O) groups is 1. The number of likely N-dealkylation sites (N-methyl/N-ethyl adjacent to an activating group) is 1. The zero-order chi connectivity index (χ0) is 12.1. The van der Waals surface area contributed by atoms with Crippen molar-refractivity contribution in [2.24, 2.45) is 0 Å². The summed E-state index contributed by atoms with van der Waals surface area (Å²) in [5, 5.41) is 8.79. The van der Waals surface area contributed by atoms with Gasteiger partial charge in [0.2, 0.25) is 5.91 Å². The van der Waals surface area contributed by atoms with Crippen LogP contribution in [0.4, 0.5) is 0 Å². The fraction of sp³-hybridized carbons (Fsp3) is 0.462. The molecule has 1 amide bonds. The topological polar surface area (TPSA) is 40.5 Å². The van der Waals surface area contributed by atoms with E-state index < -0.39 is 0 Å². The molecular formula is C13H19NO2. The lowest BCUT2D eigenvalue weighted by molar-refractivity contribution is -0.131. The minimum Gasteiger partial charge on any atom is -0.395 e. The Hall–Kier alpha value is -1.35. The third-order valence-electron chi connectivity index (χ3n) is 2.72. The molecule has 0 heterocycles. The van der Waals surface area contributed by atoms with Gasteiger partial charge in [-0.15, -0.1) is 0 Å². The molecule has 0 fully saturated rings. The van der Waals surface area contributed by atoms with Crippen LogP contribution in [0.15, 0.2) is 24.3 Å². The number of hydrogen-bond acceptors (Lipinski definition) is 2. The van der Waals surface area contributed by atoms with Gasteiger partial charge in [0.15, 0.2) is 0 Å². The number of aliphatic hydroxyl groups is 1. The SMILES string of the molecule is Cc1cccc(C(C)C(=O)N(C)CCO)c1. The smallest absolute Gasteiger partial charge is 0.229 e. The average Bonchev–Trinajstić information content (AvgIpc) is 2.27. The van der Waals surface area contributed by atoms with Gasteiger partial charge in [0.25, 0.3) is 0 Å². The Morgan fingerprint density at radius 3 is 2.75 bits per heavy atom. The standard InChI is InChI=1S/C13H19NO2/c1-10-5-4-6-12(9-10)11(2)13(16)14(3)7-8-15/h4-6,9,11,15H,7-8H2,1-3H3. The number of aryl methyl sites for hydroxylation is 1. The van der Waals surface area contributed by atoms with Crippen LogP contribution in [-0.2, 0) is 4.79 Å². The van der Waals surface area contributed by atoms with E-state index in [-0.39, 0.29) is 18.4 Å². The van der Waals surface area contributed by atoms with Gasteiger partial charge in [-0.2, -0.15) is 0 Å². The van der Waals surface area contributed by atoms with E-state index in [1.807, 2.05) is 38.1 Å². The molecule has 3 nitrogen and oxygen atoms in total. The van der Waals surface area contributed by atoms with E-state index in [4.69, 9.17) is 5.11 Å². The van der Waals surface area contributed by atoms with Crippen molar-refractivity contribution >= 4 is 5.91 Å². The molecule has 0 aliphatic carbocycles. The zero-order valence-electron chi connectivity index (χ0n) is 10.1. The second-order valence-electron chi connectivity index (χ2n) is 4.12. The number of carbonyl (C=O) groups excluding carboxylic acids is 1. The number of amides is 1. The Labute approximate surface area is 96.7 Å². The Bertz CT molecular complexity index is 363. The van der Waals surface area contributed by atoms with E-state index >= 15 is 0 Å². The summed E-state index contributed by atoms with van der Waals surface area (Å²) in [5.74, 6) is -0.115. The highest BCUT2D eigenvalue weighted by Crippen LogP contribution is 2.18. The lowest BCUT2D eigenvalue weighted by Crippen LogP contribution is -2.32. The van der Waals surface area contributed by atoms with Gasteiger partial charge >= 0.3 is 0 Å². The summed E-state index contributed by atoms with van der Waals surface area (Å²) < 4.78 is 0. The molecule has 0 saturated carbocycles. The molecule has 1 N–H and O–H groups in total. The lowest BCUT2D eigenvalue weighted by Gasteiger charge is -2.20. The maximum atomic E-state index is 12.0. The normalized spacial score (nSPS) is 12.2. The van der Waals surface area contributed by atoms with E-state index in [1.165, 1.54) is 0 Å². The molecule has 88 valence electrons. The quantitative estimate of drug-likeness (QED) is 0.838. The molecule has 3 heteroatoms. The summed E-state index contributed by atoms with van der Waals surface area (Å²) in [5.41, 5.74) is 2.18. The van der Waals surface area contributed by atoms with Crippen molar-refractivity contribution < 1.29 is 9.90 Å². The van der Waals surface area contributed by atoms with Gasteiger partial charge in [-0.1, -0.05) is 29.8 Å². The van der Waals surface area contributed by atoms with E-state index in [9.17, 15) is 4.79 Å². The van der Waals surface area contributed by atoms with Gasteiger partial charge < -0.3 is 10.0 Å². The highest BCUT2D eigenvalue weighted by Gasteiger charge is 2.18. The number of nitrogens with zero attached hydrogens (tertiary/aromatic N) is 1. The first kappa shape index (κ1) is 12.7. The second-order valence-corrected chi connectivity index (χ2v) is 4.12. The first-order valence-electron chi connectivity index (χ1n) is 5.48. The van der Waals surface area contributed by atoms with Gasteiger partial charge in [0, 0.05) is 13.6 Å². The predicted octanol–water partition coefficient (Wildman–Crippen LogP) is 1.55. The summed E-state index contributed by atoms with van der Waals surface area (Å²) in [4.78, 5) is 13.5.